The van der Waals surface area contributed by atoms with Crippen molar-refractivity contribution in [1.29, 1.82) is 0 Å². The number of nitrogens with zero attached hydrogens (tertiary/aromatic N) is 2. The minimum absolute atomic E-state index is 0.0851. The van der Waals surface area contributed by atoms with Crippen molar-refractivity contribution in [2.24, 2.45) is 0 Å². The van der Waals surface area contributed by atoms with Crippen LogP contribution in [0.5, 0.6) is 5.75 Å². The Balaban J connectivity index is 1.74. The van der Waals surface area contributed by atoms with Crippen LogP contribution < -0.4 is 15.0 Å². The largest absolute Gasteiger partial charge is 0.497 e. The highest BCUT2D eigenvalue weighted by Crippen LogP contribution is 2.29. The smallest absolute Gasteiger partial charge is 0.338 e. The van der Waals surface area contributed by atoms with Crippen LogP contribution in [0.4, 0.5) is 11.4 Å². The summed E-state index contributed by atoms with van der Waals surface area (Å²) in [6.07, 6.45) is 0.562. The van der Waals surface area contributed by atoms with Crippen LogP contribution in [0.2, 0.25) is 0 Å². The molecule has 1 fully saturated rings. The zero-order valence-electron chi connectivity index (χ0n) is 20.0. The van der Waals surface area contributed by atoms with Gasteiger partial charge in [-0.1, -0.05) is 0 Å². The highest BCUT2D eigenvalue weighted by Gasteiger charge is 2.43. The number of anilines is 2. The lowest BCUT2D eigenvalue weighted by Crippen LogP contribution is -2.38. The van der Waals surface area contributed by atoms with Crippen LogP contribution in [0.3, 0.4) is 0 Å². The van der Waals surface area contributed by atoms with E-state index >= 15 is 0 Å². The van der Waals surface area contributed by atoms with E-state index in [1.807, 2.05) is 0 Å². The summed E-state index contributed by atoms with van der Waals surface area (Å²) >= 11 is 5.64. The number of benzene rings is 2. The first-order valence-corrected chi connectivity index (χ1v) is 11.6. The van der Waals surface area contributed by atoms with Crippen LogP contribution in [0.25, 0.3) is 0 Å². The molecule has 1 aliphatic rings. The molecule has 10 heteroatoms. The van der Waals surface area contributed by atoms with Crippen LogP contribution in [0.1, 0.15) is 30.1 Å². The number of amides is 2. The molecular formula is C25H29N3O6S. The summed E-state index contributed by atoms with van der Waals surface area (Å²) in [5, 5.41) is 3.13. The molecule has 0 unspecified atom stereocenters. The predicted octanol–water partition coefficient (Wildman–Crippen LogP) is 3.24. The quantitative estimate of drug-likeness (QED) is 0.286. The van der Waals surface area contributed by atoms with Gasteiger partial charge in [-0.05, 0) is 74.1 Å². The molecule has 3 rings (SSSR count). The van der Waals surface area contributed by atoms with Crippen LogP contribution in [0, 0.1) is 0 Å². The van der Waals surface area contributed by atoms with Crippen LogP contribution in [0.15, 0.2) is 48.5 Å². The van der Waals surface area contributed by atoms with Gasteiger partial charge in [-0.2, -0.15) is 0 Å². The SMILES string of the molecule is CCOC(=O)c1ccc(NC(=O)C[C@H]2C(=O)N(c3ccc(OC)cc3)C(=S)N2CCCOC)cc1. The second-order valence-electron chi connectivity index (χ2n) is 7.76. The third-order valence-corrected chi connectivity index (χ3v) is 5.87. The average molecular weight is 500 g/mol. The lowest BCUT2D eigenvalue weighted by molar-refractivity contribution is -0.124. The number of carbonyl (C=O) groups excluding carboxylic acids is 3. The van der Waals surface area contributed by atoms with Crippen LogP contribution in [-0.4, -0.2) is 67.8 Å². The minimum Gasteiger partial charge on any atom is -0.497 e. The first kappa shape index (κ1) is 26.1. The second kappa shape index (κ2) is 12.3. The summed E-state index contributed by atoms with van der Waals surface area (Å²) in [6, 6.07) is 12.6. The van der Waals surface area contributed by atoms with Crippen molar-refractivity contribution in [3.05, 3.63) is 54.1 Å². The highest BCUT2D eigenvalue weighted by molar-refractivity contribution is 7.80. The fourth-order valence-electron chi connectivity index (χ4n) is 3.73. The third kappa shape index (κ3) is 6.34. The van der Waals surface area contributed by atoms with Crippen molar-refractivity contribution in [1.82, 2.24) is 4.90 Å². The summed E-state index contributed by atoms with van der Waals surface area (Å²) in [4.78, 5) is 41.3. The lowest BCUT2D eigenvalue weighted by atomic mass is 10.1. The van der Waals surface area contributed by atoms with Gasteiger partial charge in [0.15, 0.2) is 5.11 Å². The van der Waals surface area contributed by atoms with E-state index in [1.54, 1.807) is 74.6 Å². The van der Waals surface area contributed by atoms with E-state index in [1.165, 1.54) is 4.90 Å². The van der Waals surface area contributed by atoms with Crippen molar-refractivity contribution in [3.8, 4) is 5.75 Å². The summed E-state index contributed by atoms with van der Waals surface area (Å²) in [5.74, 6) is -0.386. The van der Waals surface area contributed by atoms with E-state index in [2.05, 4.69) is 5.32 Å². The van der Waals surface area contributed by atoms with Gasteiger partial charge in [-0.3, -0.25) is 14.5 Å². The molecule has 1 N–H and O–H groups in total. The van der Waals surface area contributed by atoms with Gasteiger partial charge in [-0.15, -0.1) is 0 Å². The molecule has 2 amide bonds. The summed E-state index contributed by atoms with van der Waals surface area (Å²) in [5.41, 5.74) is 1.50. The van der Waals surface area contributed by atoms with Crippen molar-refractivity contribution < 1.29 is 28.6 Å². The van der Waals surface area contributed by atoms with Gasteiger partial charge < -0.3 is 24.4 Å². The summed E-state index contributed by atoms with van der Waals surface area (Å²) in [6.45, 7) is 2.98. The van der Waals surface area contributed by atoms with E-state index in [-0.39, 0.29) is 24.8 Å². The Bertz CT molecular complexity index is 1060. The molecule has 0 aliphatic carbocycles. The molecule has 1 saturated heterocycles. The maximum atomic E-state index is 13.4. The van der Waals surface area contributed by atoms with Crippen molar-refractivity contribution in [2.45, 2.75) is 25.8 Å². The number of esters is 1. The summed E-state index contributed by atoms with van der Waals surface area (Å²) < 4.78 is 15.3. The van der Waals surface area contributed by atoms with Gasteiger partial charge in [0.1, 0.15) is 11.8 Å². The molecule has 2 aromatic carbocycles. The van der Waals surface area contributed by atoms with Gasteiger partial charge in [0.2, 0.25) is 5.91 Å². The number of rotatable bonds is 11. The Labute approximate surface area is 209 Å². The van der Waals surface area contributed by atoms with Gasteiger partial charge in [0.05, 0.1) is 31.4 Å². The molecular weight excluding hydrogens is 470 g/mol. The van der Waals surface area contributed by atoms with E-state index < -0.39 is 12.0 Å². The molecule has 0 aromatic heterocycles. The van der Waals surface area contributed by atoms with E-state index in [4.69, 9.17) is 26.4 Å². The Kier molecular flexibility index (Phi) is 9.16. The Morgan fingerprint density at radius 1 is 1.06 bits per heavy atom. The number of thiocarbonyl (C=S) groups is 1. The molecule has 35 heavy (non-hydrogen) atoms. The molecule has 0 bridgehead atoms. The Hall–Kier alpha value is -3.50. The maximum absolute atomic E-state index is 13.4. The van der Waals surface area contributed by atoms with Gasteiger partial charge in [0.25, 0.3) is 5.91 Å². The summed E-state index contributed by atoms with van der Waals surface area (Å²) in [7, 11) is 3.17. The van der Waals surface area contributed by atoms with Crippen molar-refractivity contribution in [2.75, 3.05) is 44.2 Å². The monoisotopic (exact) mass is 499 g/mol. The van der Waals surface area contributed by atoms with Gasteiger partial charge in [0, 0.05) is 25.9 Å². The topological polar surface area (TPSA) is 97.4 Å². The fourth-order valence-corrected chi connectivity index (χ4v) is 4.14. The van der Waals surface area contributed by atoms with E-state index in [0.29, 0.717) is 47.4 Å². The van der Waals surface area contributed by atoms with E-state index in [9.17, 15) is 14.4 Å². The molecule has 2 aromatic rings. The Morgan fingerprint density at radius 3 is 2.34 bits per heavy atom. The molecule has 0 radical (unpaired) electrons. The minimum atomic E-state index is -0.750. The number of ether oxygens (including phenoxy) is 3. The normalized spacial score (nSPS) is 15.3. The first-order chi connectivity index (χ1) is 16.9. The standard InChI is InChI=1S/C25H29N3O6S/c1-4-34-24(31)17-6-8-18(9-7-17)26-22(29)16-21-23(30)28(19-10-12-20(33-3)13-11-19)25(35)27(21)14-5-15-32-2/h6-13,21H,4-5,14-16H2,1-3H3,(H,26,29)/t21-/m0/s1. The third-order valence-electron chi connectivity index (χ3n) is 5.46. The second-order valence-corrected chi connectivity index (χ2v) is 8.13. The molecule has 1 heterocycles. The molecule has 1 atom stereocenters. The number of nitrogens with one attached hydrogen (secondary N) is 1. The highest BCUT2D eigenvalue weighted by atomic mass is 32.1. The van der Waals surface area contributed by atoms with Crippen LogP contribution in [-0.2, 0) is 19.1 Å². The van der Waals surface area contributed by atoms with Crippen molar-refractivity contribution >= 4 is 46.5 Å². The number of carbonyl (C=O) groups is 3. The Morgan fingerprint density at radius 2 is 1.74 bits per heavy atom. The number of hydrogen-bond donors (Lipinski definition) is 1. The maximum Gasteiger partial charge on any atom is 0.338 e. The fraction of sp³-hybridized carbons (Fsp3) is 0.360. The number of methoxy groups -OCH3 is 2. The van der Waals surface area contributed by atoms with Crippen LogP contribution >= 0.6 is 12.2 Å². The molecule has 1 aliphatic heterocycles. The first-order valence-electron chi connectivity index (χ1n) is 11.2. The molecule has 0 saturated carbocycles. The number of hydrogen-bond acceptors (Lipinski definition) is 7. The van der Waals surface area contributed by atoms with Gasteiger partial charge >= 0.3 is 5.97 Å². The zero-order chi connectivity index (χ0) is 25.4. The van der Waals surface area contributed by atoms with Gasteiger partial charge in [-0.25, -0.2) is 4.79 Å². The van der Waals surface area contributed by atoms with Crippen molar-refractivity contribution in [3.63, 3.8) is 0 Å². The lowest BCUT2D eigenvalue weighted by Gasteiger charge is -2.23. The predicted molar refractivity (Wildman–Crippen MR) is 136 cm³/mol. The average Bonchev–Trinajstić information content (AvgIpc) is 3.08. The molecule has 9 nitrogen and oxygen atoms in total. The molecule has 186 valence electrons. The zero-order valence-corrected chi connectivity index (χ0v) is 20.8. The molecule has 0 spiro atoms. The van der Waals surface area contributed by atoms with E-state index in [0.717, 1.165) is 0 Å².